The fraction of sp³-hybridized carbons (Fsp3) is 0.500. The van der Waals surface area contributed by atoms with E-state index in [0.717, 1.165) is 23.5 Å². The standard InChI is InChI=1S/C10H15N5/c1-6(2)4-9-13-7(3)8-5-12-10(11)14-15(8)9/h5-6H,4H2,1-3H3,(H2,11,14). The molecule has 2 heterocycles. The fourth-order valence-electron chi connectivity index (χ4n) is 1.60. The first-order valence-corrected chi connectivity index (χ1v) is 5.04. The second-order valence-corrected chi connectivity index (χ2v) is 4.12. The van der Waals surface area contributed by atoms with Gasteiger partial charge in [0, 0.05) is 6.42 Å². The lowest BCUT2D eigenvalue weighted by molar-refractivity contribution is 0.607. The number of fused-ring (bicyclic) bond motifs is 1. The first-order chi connectivity index (χ1) is 7.08. The van der Waals surface area contributed by atoms with Crippen molar-refractivity contribution in [2.45, 2.75) is 27.2 Å². The molecule has 2 aromatic heterocycles. The predicted molar refractivity (Wildman–Crippen MR) is 58.5 cm³/mol. The summed E-state index contributed by atoms with van der Waals surface area (Å²) in [6.07, 6.45) is 2.61. The molecule has 80 valence electrons. The van der Waals surface area contributed by atoms with Crippen LogP contribution in [0, 0.1) is 12.8 Å². The Balaban J connectivity index is 2.59. The molecule has 15 heavy (non-hydrogen) atoms. The minimum atomic E-state index is 0.282. The number of aryl methyl sites for hydroxylation is 1. The third kappa shape index (κ3) is 1.77. The molecular weight excluding hydrogens is 190 g/mol. The SMILES string of the molecule is Cc1nc(CC(C)C)n2nc(N)ncc12. The van der Waals surface area contributed by atoms with Crippen molar-refractivity contribution in [3.8, 4) is 0 Å². The van der Waals surface area contributed by atoms with E-state index in [1.165, 1.54) is 0 Å². The zero-order valence-corrected chi connectivity index (χ0v) is 9.23. The largest absolute Gasteiger partial charge is 0.367 e. The van der Waals surface area contributed by atoms with Crippen molar-refractivity contribution in [2.24, 2.45) is 5.92 Å². The monoisotopic (exact) mass is 205 g/mol. The third-order valence-corrected chi connectivity index (χ3v) is 2.25. The molecule has 2 N–H and O–H groups in total. The van der Waals surface area contributed by atoms with Crippen LogP contribution in [0.5, 0.6) is 0 Å². The maximum atomic E-state index is 5.56. The summed E-state index contributed by atoms with van der Waals surface area (Å²) in [6, 6.07) is 0. The van der Waals surface area contributed by atoms with Crippen molar-refractivity contribution < 1.29 is 0 Å². The van der Waals surface area contributed by atoms with Gasteiger partial charge in [0.15, 0.2) is 0 Å². The Morgan fingerprint density at radius 2 is 2.20 bits per heavy atom. The lowest BCUT2D eigenvalue weighted by atomic mass is 10.1. The second-order valence-electron chi connectivity index (χ2n) is 4.12. The van der Waals surface area contributed by atoms with E-state index in [2.05, 4.69) is 28.9 Å². The molecule has 0 aliphatic rings. The number of aromatic nitrogens is 4. The molecule has 0 atom stereocenters. The summed E-state index contributed by atoms with van der Waals surface area (Å²) < 4.78 is 1.79. The molecule has 0 aromatic carbocycles. The molecular formula is C10H15N5. The van der Waals surface area contributed by atoms with Crippen molar-refractivity contribution in [3.05, 3.63) is 17.7 Å². The van der Waals surface area contributed by atoms with Gasteiger partial charge in [0.05, 0.1) is 11.9 Å². The summed E-state index contributed by atoms with van der Waals surface area (Å²) in [6.45, 7) is 6.26. The third-order valence-electron chi connectivity index (χ3n) is 2.25. The molecule has 0 spiro atoms. The van der Waals surface area contributed by atoms with Gasteiger partial charge in [-0.05, 0) is 12.8 Å². The van der Waals surface area contributed by atoms with E-state index in [-0.39, 0.29) is 5.95 Å². The average molecular weight is 205 g/mol. The van der Waals surface area contributed by atoms with Gasteiger partial charge in [-0.2, -0.15) is 0 Å². The van der Waals surface area contributed by atoms with E-state index >= 15 is 0 Å². The van der Waals surface area contributed by atoms with Crippen LogP contribution in [0.15, 0.2) is 6.20 Å². The first-order valence-electron chi connectivity index (χ1n) is 5.04. The zero-order chi connectivity index (χ0) is 11.0. The van der Waals surface area contributed by atoms with Crippen molar-refractivity contribution in [1.29, 1.82) is 0 Å². The lowest BCUT2D eigenvalue weighted by Gasteiger charge is -2.02. The van der Waals surface area contributed by atoms with Gasteiger partial charge in [0.1, 0.15) is 11.3 Å². The average Bonchev–Trinajstić information content (AvgIpc) is 2.42. The smallest absolute Gasteiger partial charge is 0.238 e. The Morgan fingerprint density at radius 1 is 1.47 bits per heavy atom. The molecule has 0 aliphatic carbocycles. The Bertz CT molecular complexity index is 486. The number of imidazole rings is 1. The van der Waals surface area contributed by atoms with Gasteiger partial charge in [-0.15, -0.1) is 5.10 Å². The van der Waals surface area contributed by atoms with Crippen molar-refractivity contribution >= 4 is 11.5 Å². The molecule has 0 saturated carbocycles. The quantitative estimate of drug-likeness (QED) is 0.800. The maximum absolute atomic E-state index is 5.56. The molecule has 0 bridgehead atoms. The number of nitrogens with two attached hydrogens (primary N) is 1. The molecule has 5 heteroatoms. The van der Waals surface area contributed by atoms with Crippen molar-refractivity contribution in [2.75, 3.05) is 5.73 Å². The van der Waals surface area contributed by atoms with Gasteiger partial charge in [-0.3, -0.25) is 0 Å². The highest BCUT2D eigenvalue weighted by atomic mass is 15.3. The Kier molecular flexibility index (Phi) is 2.30. The summed E-state index contributed by atoms with van der Waals surface area (Å²) in [5.41, 5.74) is 7.44. The van der Waals surface area contributed by atoms with E-state index in [4.69, 9.17) is 5.73 Å². The highest BCUT2D eigenvalue weighted by Gasteiger charge is 2.10. The van der Waals surface area contributed by atoms with E-state index in [1.807, 2.05) is 6.92 Å². The van der Waals surface area contributed by atoms with Crippen LogP contribution in [0.1, 0.15) is 25.4 Å². The number of hydrogen-bond donors (Lipinski definition) is 1. The zero-order valence-electron chi connectivity index (χ0n) is 9.23. The summed E-state index contributed by atoms with van der Waals surface area (Å²) >= 11 is 0. The molecule has 0 aliphatic heterocycles. The van der Waals surface area contributed by atoms with Crippen LogP contribution >= 0.6 is 0 Å². The number of rotatable bonds is 2. The lowest BCUT2D eigenvalue weighted by Crippen LogP contribution is -2.06. The summed E-state index contributed by atoms with van der Waals surface area (Å²) in [5, 5.41) is 4.17. The topological polar surface area (TPSA) is 69.1 Å². The Morgan fingerprint density at radius 3 is 2.87 bits per heavy atom. The van der Waals surface area contributed by atoms with Gasteiger partial charge in [-0.25, -0.2) is 14.5 Å². The Labute approximate surface area is 88.3 Å². The first kappa shape index (κ1) is 9.89. The molecule has 0 radical (unpaired) electrons. The predicted octanol–water partition coefficient (Wildman–Crippen LogP) is 1.21. The second kappa shape index (κ2) is 3.49. The van der Waals surface area contributed by atoms with Crippen molar-refractivity contribution in [3.63, 3.8) is 0 Å². The van der Waals surface area contributed by atoms with Gasteiger partial charge in [0.2, 0.25) is 5.95 Å². The molecule has 2 aromatic rings. The fourth-order valence-corrected chi connectivity index (χ4v) is 1.60. The van der Waals surface area contributed by atoms with Crippen molar-refractivity contribution in [1.82, 2.24) is 19.6 Å². The highest BCUT2D eigenvalue weighted by molar-refractivity contribution is 5.50. The van der Waals surface area contributed by atoms with Crippen LogP contribution in [-0.2, 0) is 6.42 Å². The summed E-state index contributed by atoms with van der Waals surface area (Å²) in [7, 11) is 0. The van der Waals surface area contributed by atoms with Crippen LogP contribution in [0.3, 0.4) is 0 Å². The van der Waals surface area contributed by atoms with Crippen LogP contribution < -0.4 is 5.73 Å². The summed E-state index contributed by atoms with van der Waals surface area (Å²) in [5.74, 6) is 1.78. The van der Waals surface area contributed by atoms with Gasteiger partial charge in [-0.1, -0.05) is 13.8 Å². The number of anilines is 1. The van der Waals surface area contributed by atoms with Crippen LogP contribution in [0.2, 0.25) is 0 Å². The molecule has 0 saturated heterocycles. The minimum absolute atomic E-state index is 0.282. The van der Waals surface area contributed by atoms with Gasteiger partial charge < -0.3 is 5.73 Å². The van der Waals surface area contributed by atoms with Crippen LogP contribution in [-0.4, -0.2) is 19.6 Å². The molecule has 2 rings (SSSR count). The van der Waals surface area contributed by atoms with E-state index in [0.29, 0.717) is 5.92 Å². The van der Waals surface area contributed by atoms with E-state index in [9.17, 15) is 0 Å². The normalized spacial score (nSPS) is 11.5. The Hall–Kier alpha value is -1.65. The van der Waals surface area contributed by atoms with E-state index in [1.54, 1.807) is 10.7 Å². The number of nitrogen functional groups attached to an aromatic ring is 1. The molecule has 0 amide bonds. The highest BCUT2D eigenvalue weighted by Crippen LogP contribution is 2.13. The van der Waals surface area contributed by atoms with E-state index < -0.39 is 0 Å². The molecule has 5 nitrogen and oxygen atoms in total. The molecule has 0 fully saturated rings. The van der Waals surface area contributed by atoms with Crippen LogP contribution in [0.25, 0.3) is 5.52 Å². The van der Waals surface area contributed by atoms with Gasteiger partial charge >= 0.3 is 0 Å². The van der Waals surface area contributed by atoms with Gasteiger partial charge in [0.25, 0.3) is 0 Å². The molecule has 0 unspecified atom stereocenters. The summed E-state index contributed by atoms with van der Waals surface area (Å²) in [4.78, 5) is 8.44. The van der Waals surface area contributed by atoms with Crippen LogP contribution in [0.4, 0.5) is 5.95 Å². The maximum Gasteiger partial charge on any atom is 0.238 e. The minimum Gasteiger partial charge on any atom is -0.367 e. The number of hydrogen-bond acceptors (Lipinski definition) is 4. The number of nitrogens with zero attached hydrogens (tertiary/aromatic N) is 4.